The summed E-state index contributed by atoms with van der Waals surface area (Å²) >= 11 is 6.25. The van der Waals surface area contributed by atoms with Gasteiger partial charge in [-0.2, -0.15) is 0 Å². The number of hydrogen-bond donors (Lipinski definition) is 2. The number of aryl methyl sites for hydroxylation is 1. The molecule has 2 N–H and O–H groups in total. The molecule has 0 fully saturated rings. The number of hydrogen-bond acceptors (Lipinski definition) is 6. The quantitative estimate of drug-likeness (QED) is 0.304. The topological polar surface area (TPSA) is 105 Å². The van der Waals surface area contributed by atoms with Crippen molar-refractivity contribution in [3.8, 4) is 0 Å². The minimum atomic E-state index is -0.588. The van der Waals surface area contributed by atoms with Crippen molar-refractivity contribution in [2.24, 2.45) is 0 Å². The first-order valence-electron chi connectivity index (χ1n) is 11.9. The van der Waals surface area contributed by atoms with Gasteiger partial charge in [0.25, 0.3) is 17.7 Å². The van der Waals surface area contributed by atoms with E-state index in [0.29, 0.717) is 22.5 Å². The van der Waals surface area contributed by atoms with Crippen LogP contribution >= 0.6 is 11.6 Å². The van der Waals surface area contributed by atoms with Crippen LogP contribution < -0.4 is 10.6 Å². The summed E-state index contributed by atoms with van der Waals surface area (Å²) in [7, 11) is 0. The summed E-state index contributed by atoms with van der Waals surface area (Å²) in [6, 6.07) is 20.4. The van der Waals surface area contributed by atoms with E-state index in [9.17, 15) is 19.2 Å². The van der Waals surface area contributed by atoms with E-state index >= 15 is 0 Å². The van der Waals surface area contributed by atoms with Gasteiger partial charge in [0.1, 0.15) is 10.7 Å². The first-order chi connectivity index (χ1) is 18.1. The van der Waals surface area contributed by atoms with E-state index in [4.69, 9.17) is 16.3 Å². The third kappa shape index (κ3) is 5.92. The summed E-state index contributed by atoms with van der Waals surface area (Å²) in [6.07, 6.45) is -0.235. The van der Waals surface area contributed by atoms with Crippen molar-refractivity contribution in [1.29, 1.82) is 0 Å². The molecule has 0 unspecified atom stereocenters. The van der Waals surface area contributed by atoms with Crippen molar-refractivity contribution in [2.45, 2.75) is 33.4 Å². The zero-order valence-corrected chi connectivity index (χ0v) is 21.8. The van der Waals surface area contributed by atoms with Crippen molar-refractivity contribution in [3.05, 3.63) is 106 Å². The number of amides is 3. The second-order valence-electron chi connectivity index (χ2n) is 9.01. The van der Waals surface area contributed by atoms with Crippen molar-refractivity contribution < 1.29 is 23.9 Å². The van der Waals surface area contributed by atoms with E-state index in [1.807, 2.05) is 30.3 Å². The van der Waals surface area contributed by atoms with Crippen LogP contribution in [0.4, 0.5) is 11.4 Å². The molecular weight excluding hydrogens is 506 g/mol. The van der Waals surface area contributed by atoms with Crippen LogP contribution in [0.2, 0.25) is 0 Å². The van der Waals surface area contributed by atoms with Gasteiger partial charge in [0, 0.05) is 16.9 Å². The number of halogens is 1. The maximum Gasteiger partial charge on any atom is 0.338 e. The van der Waals surface area contributed by atoms with Gasteiger partial charge < -0.3 is 15.4 Å². The number of esters is 1. The minimum Gasteiger partial charge on any atom is -0.459 e. The fourth-order valence-electron chi connectivity index (χ4n) is 3.77. The van der Waals surface area contributed by atoms with E-state index in [1.165, 1.54) is 0 Å². The second kappa shape index (κ2) is 11.3. The van der Waals surface area contributed by atoms with Gasteiger partial charge in [-0.3, -0.25) is 19.3 Å². The smallest absolute Gasteiger partial charge is 0.338 e. The molecule has 0 aromatic heterocycles. The molecule has 0 aliphatic carbocycles. The van der Waals surface area contributed by atoms with Gasteiger partial charge in [-0.25, -0.2) is 4.79 Å². The highest BCUT2D eigenvalue weighted by Crippen LogP contribution is 2.29. The van der Waals surface area contributed by atoms with Gasteiger partial charge in [-0.1, -0.05) is 48.0 Å². The Morgan fingerprint density at radius 3 is 2.24 bits per heavy atom. The molecule has 0 saturated carbocycles. The molecule has 1 heterocycles. The molecule has 0 radical (unpaired) electrons. The lowest BCUT2D eigenvalue weighted by atomic mass is 10.1. The summed E-state index contributed by atoms with van der Waals surface area (Å²) in [5, 5.41) is 5.52. The van der Waals surface area contributed by atoms with E-state index < -0.39 is 23.7 Å². The first kappa shape index (κ1) is 26.6. The molecular formula is C29H26ClN3O5. The van der Waals surface area contributed by atoms with Crippen molar-refractivity contribution in [2.75, 3.05) is 10.6 Å². The number of benzene rings is 3. The van der Waals surface area contributed by atoms with Gasteiger partial charge in [-0.05, 0) is 68.3 Å². The number of carbonyl (C=O) groups excluding carboxylic acids is 4. The lowest BCUT2D eigenvalue weighted by Crippen LogP contribution is -2.31. The Kier molecular flexibility index (Phi) is 7.93. The molecule has 3 amide bonds. The Morgan fingerprint density at radius 2 is 1.58 bits per heavy atom. The summed E-state index contributed by atoms with van der Waals surface area (Å²) in [4.78, 5) is 51.7. The molecule has 0 bridgehead atoms. The van der Waals surface area contributed by atoms with Gasteiger partial charge >= 0.3 is 5.97 Å². The van der Waals surface area contributed by atoms with Crippen molar-refractivity contribution in [1.82, 2.24) is 4.90 Å². The molecule has 8 nitrogen and oxygen atoms in total. The lowest BCUT2D eigenvalue weighted by Gasteiger charge is -2.16. The Hall–Kier alpha value is -4.43. The van der Waals surface area contributed by atoms with Crippen molar-refractivity contribution in [3.63, 3.8) is 0 Å². The average molecular weight is 532 g/mol. The van der Waals surface area contributed by atoms with Crippen LogP contribution in [0, 0.1) is 6.92 Å². The predicted octanol–water partition coefficient (Wildman–Crippen LogP) is 5.24. The lowest BCUT2D eigenvalue weighted by molar-refractivity contribution is -0.138. The molecule has 9 heteroatoms. The molecule has 194 valence electrons. The van der Waals surface area contributed by atoms with Crippen LogP contribution in [0.15, 0.2) is 83.5 Å². The minimum absolute atomic E-state index is 0.0443. The Labute approximate surface area is 225 Å². The van der Waals surface area contributed by atoms with Crippen LogP contribution in [0.3, 0.4) is 0 Å². The zero-order chi connectivity index (χ0) is 27.4. The van der Waals surface area contributed by atoms with Gasteiger partial charge in [-0.15, -0.1) is 0 Å². The predicted molar refractivity (Wildman–Crippen MR) is 145 cm³/mol. The molecule has 1 aliphatic rings. The van der Waals surface area contributed by atoms with Crippen LogP contribution in [-0.4, -0.2) is 34.7 Å². The number of ether oxygens (including phenoxy) is 1. The summed E-state index contributed by atoms with van der Waals surface area (Å²) < 4.78 is 5.17. The number of nitrogens with zero attached hydrogens (tertiary/aromatic N) is 1. The molecule has 4 rings (SSSR count). The summed E-state index contributed by atoms with van der Waals surface area (Å²) in [6.45, 7) is 5.43. The summed E-state index contributed by atoms with van der Waals surface area (Å²) in [5.41, 5.74) is 3.13. The molecule has 0 spiro atoms. The molecule has 3 aromatic rings. The fourth-order valence-corrected chi connectivity index (χ4v) is 4.00. The molecule has 1 aliphatic heterocycles. The van der Waals surface area contributed by atoms with Crippen LogP contribution in [-0.2, 0) is 20.9 Å². The second-order valence-corrected chi connectivity index (χ2v) is 9.39. The van der Waals surface area contributed by atoms with E-state index in [2.05, 4.69) is 10.6 Å². The third-order valence-electron chi connectivity index (χ3n) is 5.78. The van der Waals surface area contributed by atoms with E-state index in [-0.39, 0.29) is 23.4 Å². The van der Waals surface area contributed by atoms with Crippen LogP contribution in [0.25, 0.3) is 0 Å². The normalized spacial score (nSPS) is 13.2. The number of anilines is 2. The average Bonchev–Trinajstić information content (AvgIpc) is 3.09. The molecule has 3 aromatic carbocycles. The Morgan fingerprint density at radius 1 is 0.921 bits per heavy atom. The maximum absolute atomic E-state index is 13.0. The Bertz CT molecular complexity index is 1430. The highest BCUT2D eigenvalue weighted by atomic mass is 35.5. The van der Waals surface area contributed by atoms with E-state index in [0.717, 1.165) is 16.0 Å². The van der Waals surface area contributed by atoms with Gasteiger partial charge in [0.05, 0.1) is 18.2 Å². The first-order valence-corrected chi connectivity index (χ1v) is 12.3. The van der Waals surface area contributed by atoms with Crippen LogP contribution in [0.5, 0.6) is 0 Å². The highest BCUT2D eigenvalue weighted by molar-refractivity contribution is 6.48. The Balaban J connectivity index is 1.47. The third-order valence-corrected chi connectivity index (χ3v) is 6.13. The standard InChI is InChI=1S/C29H26ClN3O5/c1-17(2)38-29(37)20-11-13-22(14-12-20)31-26(34)21-10-9-18(3)23(15-21)32-25-24(30)27(35)33(28(25)36)16-19-7-5-4-6-8-19/h4-15,17,32H,16H2,1-3H3,(H,31,34). The number of carbonyl (C=O) groups is 4. The monoisotopic (exact) mass is 531 g/mol. The highest BCUT2D eigenvalue weighted by Gasteiger charge is 2.38. The number of rotatable bonds is 8. The van der Waals surface area contributed by atoms with Crippen LogP contribution in [0.1, 0.15) is 45.7 Å². The zero-order valence-electron chi connectivity index (χ0n) is 21.1. The molecule has 0 saturated heterocycles. The number of nitrogens with one attached hydrogen (secondary N) is 2. The van der Waals surface area contributed by atoms with Gasteiger partial charge in [0.15, 0.2) is 0 Å². The maximum atomic E-state index is 13.0. The summed E-state index contributed by atoms with van der Waals surface area (Å²) in [5.74, 6) is -1.97. The molecule has 0 atom stereocenters. The fraction of sp³-hybridized carbons (Fsp3) is 0.172. The van der Waals surface area contributed by atoms with E-state index in [1.54, 1.807) is 63.2 Å². The number of imide groups is 1. The van der Waals surface area contributed by atoms with Crippen molar-refractivity contribution >= 4 is 46.7 Å². The largest absolute Gasteiger partial charge is 0.459 e. The SMILES string of the molecule is Cc1ccc(C(=O)Nc2ccc(C(=O)OC(C)C)cc2)cc1NC1=C(Cl)C(=O)N(Cc2ccccc2)C1=O. The van der Waals surface area contributed by atoms with Gasteiger partial charge in [0.2, 0.25) is 0 Å². The molecule has 38 heavy (non-hydrogen) atoms.